The zero-order valence-electron chi connectivity index (χ0n) is 14.9. The molecule has 0 fully saturated rings. The number of nitrogens with zero attached hydrogens (tertiary/aromatic N) is 3. The van der Waals surface area contributed by atoms with Crippen molar-refractivity contribution < 1.29 is 19.1 Å². The first-order valence-corrected chi connectivity index (χ1v) is 8.84. The van der Waals surface area contributed by atoms with E-state index in [4.69, 9.17) is 9.52 Å². The van der Waals surface area contributed by atoms with Crippen molar-refractivity contribution in [3.63, 3.8) is 0 Å². The zero-order chi connectivity index (χ0) is 19.0. The van der Waals surface area contributed by atoms with Crippen LogP contribution in [0.3, 0.4) is 0 Å². The largest absolute Gasteiger partial charge is 0.478 e. The van der Waals surface area contributed by atoms with Gasteiger partial charge in [0, 0.05) is 30.0 Å². The fourth-order valence-corrected chi connectivity index (χ4v) is 3.70. The summed E-state index contributed by atoms with van der Waals surface area (Å²) in [5.74, 6) is -0.440. The summed E-state index contributed by atoms with van der Waals surface area (Å²) in [5, 5.41) is 11.8. The standard InChI is InChI=1S/C18H19N3O4S/c1-10-7-14(11(2)21(10)18-19-5-6-26-18)16(22)20(4)9-13-8-15(17(23)24)12(3)25-13/h5-8H,9H2,1-4H3,(H,23,24). The molecular formula is C18H19N3O4S. The molecule has 0 aliphatic rings. The van der Waals surface area contributed by atoms with E-state index in [0.29, 0.717) is 17.1 Å². The average molecular weight is 373 g/mol. The highest BCUT2D eigenvalue weighted by molar-refractivity contribution is 7.12. The van der Waals surface area contributed by atoms with Gasteiger partial charge in [0.25, 0.3) is 5.91 Å². The molecule has 26 heavy (non-hydrogen) atoms. The van der Waals surface area contributed by atoms with Crippen molar-refractivity contribution in [1.82, 2.24) is 14.5 Å². The summed E-state index contributed by atoms with van der Waals surface area (Å²) in [6, 6.07) is 3.30. The Hall–Kier alpha value is -2.87. The first-order valence-electron chi connectivity index (χ1n) is 7.96. The molecule has 0 aromatic carbocycles. The molecule has 3 heterocycles. The SMILES string of the molecule is Cc1oc(CN(C)C(=O)c2cc(C)n(-c3nccs3)c2C)cc1C(=O)O. The van der Waals surface area contributed by atoms with Crippen LogP contribution in [0.25, 0.3) is 5.13 Å². The molecule has 0 bridgehead atoms. The monoisotopic (exact) mass is 373 g/mol. The fourth-order valence-electron chi connectivity index (χ4n) is 2.95. The minimum absolute atomic E-state index is 0.114. The predicted octanol–water partition coefficient (Wildman–Crippen LogP) is 3.42. The van der Waals surface area contributed by atoms with Gasteiger partial charge in [0.05, 0.1) is 12.1 Å². The molecule has 0 atom stereocenters. The first-order chi connectivity index (χ1) is 12.3. The van der Waals surface area contributed by atoms with Gasteiger partial charge in [0.2, 0.25) is 0 Å². The van der Waals surface area contributed by atoms with Gasteiger partial charge >= 0.3 is 5.97 Å². The number of hydrogen-bond donors (Lipinski definition) is 1. The minimum atomic E-state index is -1.04. The number of carbonyl (C=O) groups excluding carboxylic acids is 1. The Morgan fingerprint density at radius 1 is 1.27 bits per heavy atom. The molecule has 136 valence electrons. The number of aromatic carboxylic acids is 1. The number of rotatable bonds is 5. The summed E-state index contributed by atoms with van der Waals surface area (Å²) >= 11 is 1.50. The average Bonchev–Trinajstić information content (AvgIpc) is 3.27. The van der Waals surface area contributed by atoms with E-state index in [0.717, 1.165) is 16.5 Å². The van der Waals surface area contributed by atoms with Gasteiger partial charge in [-0.1, -0.05) is 0 Å². The molecule has 0 aliphatic heterocycles. The summed E-state index contributed by atoms with van der Waals surface area (Å²) in [4.78, 5) is 29.8. The van der Waals surface area contributed by atoms with E-state index in [1.807, 2.05) is 29.9 Å². The fraction of sp³-hybridized carbons (Fsp3) is 0.278. The molecule has 3 aromatic heterocycles. The lowest BCUT2D eigenvalue weighted by Gasteiger charge is -2.16. The van der Waals surface area contributed by atoms with Crippen LogP contribution in [-0.4, -0.2) is 38.5 Å². The van der Waals surface area contributed by atoms with Crippen LogP contribution in [0.4, 0.5) is 0 Å². The molecule has 8 heteroatoms. The molecule has 0 unspecified atom stereocenters. The summed E-state index contributed by atoms with van der Waals surface area (Å²) in [6.45, 7) is 5.60. The third kappa shape index (κ3) is 3.15. The van der Waals surface area contributed by atoms with Crippen molar-refractivity contribution in [2.75, 3.05) is 7.05 Å². The van der Waals surface area contributed by atoms with Gasteiger partial charge in [-0.2, -0.15) is 0 Å². The summed E-state index contributed by atoms with van der Waals surface area (Å²) in [6.07, 6.45) is 1.73. The molecule has 3 rings (SSSR count). The van der Waals surface area contributed by atoms with E-state index in [-0.39, 0.29) is 18.0 Å². The van der Waals surface area contributed by atoms with Gasteiger partial charge in [-0.15, -0.1) is 11.3 Å². The van der Waals surface area contributed by atoms with Crippen molar-refractivity contribution >= 4 is 23.2 Å². The van der Waals surface area contributed by atoms with Crippen LogP contribution >= 0.6 is 11.3 Å². The van der Waals surface area contributed by atoms with Crippen molar-refractivity contribution in [3.05, 3.63) is 57.7 Å². The van der Waals surface area contributed by atoms with Crippen LogP contribution in [0.5, 0.6) is 0 Å². The Labute approximate surface area is 154 Å². The van der Waals surface area contributed by atoms with Crippen LogP contribution in [0.2, 0.25) is 0 Å². The van der Waals surface area contributed by atoms with E-state index < -0.39 is 5.97 Å². The summed E-state index contributed by atoms with van der Waals surface area (Å²) in [7, 11) is 1.66. The first kappa shape index (κ1) is 17.9. The minimum Gasteiger partial charge on any atom is -0.478 e. The number of aromatic nitrogens is 2. The second-order valence-electron chi connectivity index (χ2n) is 6.08. The van der Waals surface area contributed by atoms with E-state index in [9.17, 15) is 9.59 Å². The molecule has 0 radical (unpaired) electrons. The molecular weight excluding hydrogens is 354 g/mol. The van der Waals surface area contributed by atoms with E-state index in [1.165, 1.54) is 22.3 Å². The quantitative estimate of drug-likeness (QED) is 0.740. The highest BCUT2D eigenvalue weighted by Crippen LogP contribution is 2.24. The van der Waals surface area contributed by atoms with Gasteiger partial charge < -0.3 is 14.4 Å². The maximum absolute atomic E-state index is 12.9. The normalized spacial score (nSPS) is 10.9. The van der Waals surface area contributed by atoms with Gasteiger partial charge in [-0.25, -0.2) is 9.78 Å². The number of aryl methyl sites for hydroxylation is 2. The predicted molar refractivity (Wildman–Crippen MR) is 97.1 cm³/mol. The third-order valence-electron chi connectivity index (χ3n) is 4.21. The molecule has 0 spiro atoms. The number of amides is 1. The molecule has 0 saturated heterocycles. The number of furan rings is 1. The van der Waals surface area contributed by atoms with Crippen molar-refractivity contribution in [2.45, 2.75) is 27.3 Å². The van der Waals surface area contributed by atoms with Crippen LogP contribution in [-0.2, 0) is 6.54 Å². The molecule has 1 amide bonds. The van der Waals surface area contributed by atoms with E-state index >= 15 is 0 Å². The third-order valence-corrected chi connectivity index (χ3v) is 4.97. The van der Waals surface area contributed by atoms with E-state index in [2.05, 4.69) is 4.98 Å². The van der Waals surface area contributed by atoms with Crippen LogP contribution < -0.4 is 0 Å². The number of thiazole rings is 1. The number of carboxylic acid groups (broad SMARTS) is 1. The molecule has 1 N–H and O–H groups in total. The van der Waals surface area contributed by atoms with Gasteiger partial charge in [-0.3, -0.25) is 9.36 Å². The summed E-state index contributed by atoms with van der Waals surface area (Å²) in [5.41, 5.74) is 2.44. The Balaban J connectivity index is 1.84. The second-order valence-corrected chi connectivity index (χ2v) is 6.96. The Morgan fingerprint density at radius 2 is 2.00 bits per heavy atom. The van der Waals surface area contributed by atoms with Crippen LogP contribution in [0.15, 0.2) is 28.1 Å². The highest BCUT2D eigenvalue weighted by atomic mass is 32.1. The van der Waals surface area contributed by atoms with E-state index in [1.54, 1.807) is 20.2 Å². The van der Waals surface area contributed by atoms with Gasteiger partial charge in [-0.05, 0) is 32.9 Å². The van der Waals surface area contributed by atoms with Crippen molar-refractivity contribution in [2.24, 2.45) is 0 Å². The maximum atomic E-state index is 12.9. The lowest BCUT2D eigenvalue weighted by Crippen LogP contribution is -2.26. The smallest absolute Gasteiger partial charge is 0.339 e. The number of carbonyl (C=O) groups is 2. The van der Waals surface area contributed by atoms with Crippen molar-refractivity contribution in [1.29, 1.82) is 0 Å². The lowest BCUT2D eigenvalue weighted by molar-refractivity contribution is 0.0694. The van der Waals surface area contributed by atoms with Crippen LogP contribution in [0.1, 0.15) is 43.6 Å². The topological polar surface area (TPSA) is 88.6 Å². The Morgan fingerprint density at radius 3 is 2.58 bits per heavy atom. The zero-order valence-corrected chi connectivity index (χ0v) is 15.8. The number of carboxylic acids is 1. The van der Waals surface area contributed by atoms with Gasteiger partial charge in [0.15, 0.2) is 5.13 Å². The molecule has 0 saturated carbocycles. The molecule has 3 aromatic rings. The van der Waals surface area contributed by atoms with Crippen LogP contribution in [0, 0.1) is 20.8 Å². The highest BCUT2D eigenvalue weighted by Gasteiger charge is 2.22. The summed E-state index contributed by atoms with van der Waals surface area (Å²) < 4.78 is 7.41. The van der Waals surface area contributed by atoms with Crippen molar-refractivity contribution in [3.8, 4) is 5.13 Å². The number of hydrogen-bond acceptors (Lipinski definition) is 5. The Kier molecular flexibility index (Phi) is 4.69. The van der Waals surface area contributed by atoms with Gasteiger partial charge in [0.1, 0.15) is 17.1 Å². The second kappa shape index (κ2) is 6.80. The lowest BCUT2D eigenvalue weighted by atomic mass is 10.2. The Bertz CT molecular complexity index is 969. The molecule has 0 aliphatic carbocycles. The molecule has 7 nitrogen and oxygen atoms in total. The maximum Gasteiger partial charge on any atom is 0.339 e.